The van der Waals surface area contributed by atoms with Crippen LogP contribution in [-0.2, 0) is 21.2 Å². The third-order valence-corrected chi connectivity index (χ3v) is 7.64. The van der Waals surface area contributed by atoms with E-state index in [-0.39, 0.29) is 18.0 Å². The fraction of sp³-hybridized carbons (Fsp3) is 0.483. The number of carbonyl (C=O) groups is 1. The van der Waals surface area contributed by atoms with Crippen molar-refractivity contribution >= 4 is 22.0 Å². The van der Waals surface area contributed by atoms with Gasteiger partial charge in [-0.2, -0.15) is 0 Å². The zero-order valence-electron chi connectivity index (χ0n) is 21.6. The number of nitrogens with one attached hydrogen (secondary N) is 2. The smallest absolute Gasteiger partial charge is 0.237 e. The molecule has 0 saturated carbocycles. The van der Waals surface area contributed by atoms with Crippen LogP contribution in [0.25, 0.3) is 6.08 Å². The molecule has 0 radical (unpaired) electrons. The third-order valence-electron chi connectivity index (χ3n) is 6.48. The Labute approximate surface area is 217 Å². The SMILES string of the molecule is CC(C)C[C@@H](CN1CCC[C@H]1C(=O)NCCCCc1ccccc1)NS(=O)(=O)/C=C/c1ccccc1. The van der Waals surface area contributed by atoms with E-state index in [9.17, 15) is 13.2 Å². The van der Waals surface area contributed by atoms with E-state index in [2.05, 4.69) is 53.1 Å². The normalized spacial score (nSPS) is 17.6. The predicted molar refractivity (Wildman–Crippen MR) is 148 cm³/mol. The summed E-state index contributed by atoms with van der Waals surface area (Å²) >= 11 is 0. The molecule has 6 nitrogen and oxygen atoms in total. The molecule has 0 aliphatic carbocycles. The molecule has 0 spiro atoms. The van der Waals surface area contributed by atoms with Gasteiger partial charge in [0.05, 0.1) is 6.04 Å². The average molecular weight is 512 g/mol. The number of nitrogens with zero attached hydrogens (tertiary/aromatic N) is 1. The number of hydrogen-bond acceptors (Lipinski definition) is 4. The summed E-state index contributed by atoms with van der Waals surface area (Å²) in [4.78, 5) is 15.1. The lowest BCUT2D eigenvalue weighted by Gasteiger charge is -2.29. The molecule has 1 aliphatic heterocycles. The van der Waals surface area contributed by atoms with Gasteiger partial charge in [0.25, 0.3) is 0 Å². The minimum absolute atomic E-state index is 0.0577. The number of benzene rings is 2. The first-order chi connectivity index (χ1) is 17.3. The number of unbranched alkanes of at least 4 members (excludes halogenated alkanes) is 1. The van der Waals surface area contributed by atoms with E-state index in [1.807, 2.05) is 36.4 Å². The summed E-state index contributed by atoms with van der Waals surface area (Å²) in [6.45, 7) is 6.18. The van der Waals surface area contributed by atoms with Gasteiger partial charge in [0.1, 0.15) is 0 Å². The van der Waals surface area contributed by atoms with Crippen molar-refractivity contribution in [3.63, 3.8) is 0 Å². The van der Waals surface area contributed by atoms with Gasteiger partial charge in [-0.15, -0.1) is 0 Å². The molecule has 2 N–H and O–H groups in total. The molecule has 3 rings (SSSR count). The number of amides is 1. The molecule has 1 heterocycles. The maximum Gasteiger partial charge on any atom is 0.237 e. The minimum Gasteiger partial charge on any atom is -0.355 e. The second-order valence-corrected chi connectivity index (χ2v) is 11.7. The van der Waals surface area contributed by atoms with Crippen LogP contribution < -0.4 is 10.0 Å². The zero-order chi connectivity index (χ0) is 25.8. The van der Waals surface area contributed by atoms with Crippen LogP contribution in [0.15, 0.2) is 66.1 Å². The summed E-state index contributed by atoms with van der Waals surface area (Å²) in [5.74, 6) is 0.387. The summed E-state index contributed by atoms with van der Waals surface area (Å²) in [6.07, 6.45) is 7.07. The Hall–Kier alpha value is -2.48. The Morgan fingerprint density at radius 1 is 1.06 bits per heavy atom. The number of rotatable bonds is 14. The van der Waals surface area contributed by atoms with Crippen LogP contribution in [0.5, 0.6) is 0 Å². The molecule has 1 aliphatic rings. The number of likely N-dealkylation sites (tertiary alicyclic amines) is 1. The van der Waals surface area contributed by atoms with E-state index >= 15 is 0 Å². The fourth-order valence-corrected chi connectivity index (χ4v) is 5.84. The first-order valence-corrected chi connectivity index (χ1v) is 14.7. The quantitative estimate of drug-likeness (QED) is 0.364. The molecule has 7 heteroatoms. The van der Waals surface area contributed by atoms with E-state index < -0.39 is 10.0 Å². The first-order valence-electron chi connectivity index (χ1n) is 13.1. The van der Waals surface area contributed by atoms with E-state index in [1.54, 1.807) is 6.08 Å². The highest BCUT2D eigenvalue weighted by Crippen LogP contribution is 2.20. The molecule has 0 aromatic heterocycles. The fourth-order valence-electron chi connectivity index (χ4n) is 4.79. The Morgan fingerprint density at radius 2 is 1.75 bits per heavy atom. The molecular weight excluding hydrogens is 470 g/mol. The molecule has 0 unspecified atom stereocenters. The largest absolute Gasteiger partial charge is 0.355 e. The summed E-state index contributed by atoms with van der Waals surface area (Å²) < 4.78 is 28.5. The van der Waals surface area contributed by atoms with Crippen LogP contribution in [0.2, 0.25) is 0 Å². The third kappa shape index (κ3) is 9.88. The van der Waals surface area contributed by atoms with Gasteiger partial charge in [-0.3, -0.25) is 9.69 Å². The highest BCUT2D eigenvalue weighted by molar-refractivity contribution is 7.92. The van der Waals surface area contributed by atoms with Gasteiger partial charge in [0, 0.05) is 24.5 Å². The number of sulfonamides is 1. The molecule has 2 aromatic rings. The number of carbonyl (C=O) groups excluding carboxylic acids is 1. The molecule has 1 saturated heterocycles. The second kappa shape index (κ2) is 14.3. The van der Waals surface area contributed by atoms with Gasteiger partial charge >= 0.3 is 0 Å². The Bertz CT molecular complexity index is 1060. The van der Waals surface area contributed by atoms with Gasteiger partial charge < -0.3 is 5.32 Å². The van der Waals surface area contributed by atoms with Crippen LogP contribution in [-0.4, -0.2) is 50.9 Å². The summed E-state index contributed by atoms with van der Waals surface area (Å²) in [7, 11) is -3.61. The molecule has 2 atom stereocenters. The van der Waals surface area contributed by atoms with Gasteiger partial charge in [0.15, 0.2) is 0 Å². The van der Waals surface area contributed by atoms with Gasteiger partial charge in [0.2, 0.25) is 15.9 Å². The molecule has 1 fully saturated rings. The lowest BCUT2D eigenvalue weighted by atomic mass is 10.0. The van der Waals surface area contributed by atoms with Crippen molar-refractivity contribution in [2.75, 3.05) is 19.6 Å². The van der Waals surface area contributed by atoms with Gasteiger partial charge in [-0.25, -0.2) is 13.1 Å². The van der Waals surface area contributed by atoms with Crippen LogP contribution >= 0.6 is 0 Å². The number of hydrogen-bond donors (Lipinski definition) is 2. The van der Waals surface area contributed by atoms with Crippen LogP contribution in [0.1, 0.15) is 57.1 Å². The van der Waals surface area contributed by atoms with Crippen LogP contribution in [0.3, 0.4) is 0 Å². The highest BCUT2D eigenvalue weighted by Gasteiger charge is 2.32. The zero-order valence-corrected chi connectivity index (χ0v) is 22.4. The van der Waals surface area contributed by atoms with Crippen molar-refractivity contribution in [1.82, 2.24) is 14.9 Å². The lowest BCUT2D eigenvalue weighted by Crippen LogP contribution is -2.49. The highest BCUT2D eigenvalue weighted by atomic mass is 32.2. The Morgan fingerprint density at radius 3 is 2.44 bits per heavy atom. The van der Waals surface area contributed by atoms with Crippen molar-refractivity contribution in [3.05, 3.63) is 77.2 Å². The van der Waals surface area contributed by atoms with E-state index in [1.165, 1.54) is 11.0 Å². The Kier molecular flexibility index (Phi) is 11.2. The maximum absolute atomic E-state index is 12.9. The predicted octanol–water partition coefficient (Wildman–Crippen LogP) is 4.59. The molecule has 2 aromatic carbocycles. The van der Waals surface area contributed by atoms with Crippen molar-refractivity contribution in [1.29, 1.82) is 0 Å². The van der Waals surface area contributed by atoms with Crippen molar-refractivity contribution in [2.45, 2.75) is 64.5 Å². The molecule has 36 heavy (non-hydrogen) atoms. The second-order valence-electron chi connectivity index (χ2n) is 10.1. The summed E-state index contributed by atoms with van der Waals surface area (Å²) in [6, 6.07) is 19.3. The molecule has 196 valence electrons. The van der Waals surface area contributed by atoms with Crippen molar-refractivity contribution < 1.29 is 13.2 Å². The van der Waals surface area contributed by atoms with Crippen molar-refractivity contribution in [3.8, 4) is 0 Å². The van der Waals surface area contributed by atoms with E-state index in [0.29, 0.717) is 25.4 Å². The van der Waals surface area contributed by atoms with Gasteiger partial charge in [-0.1, -0.05) is 74.5 Å². The van der Waals surface area contributed by atoms with Crippen LogP contribution in [0.4, 0.5) is 0 Å². The van der Waals surface area contributed by atoms with Crippen LogP contribution in [0, 0.1) is 5.92 Å². The molecular formula is C29H41N3O3S. The topological polar surface area (TPSA) is 78.5 Å². The summed E-state index contributed by atoms with van der Waals surface area (Å²) in [5, 5.41) is 4.35. The first kappa shape index (κ1) is 28.1. The number of aryl methyl sites for hydroxylation is 1. The van der Waals surface area contributed by atoms with Crippen molar-refractivity contribution in [2.24, 2.45) is 5.92 Å². The molecule has 1 amide bonds. The Balaban J connectivity index is 1.50. The monoisotopic (exact) mass is 511 g/mol. The lowest BCUT2D eigenvalue weighted by molar-refractivity contribution is -0.125. The van der Waals surface area contributed by atoms with Gasteiger partial charge in [-0.05, 0) is 68.2 Å². The maximum atomic E-state index is 12.9. The van der Waals surface area contributed by atoms with E-state index in [4.69, 9.17) is 0 Å². The summed E-state index contributed by atoms with van der Waals surface area (Å²) in [5.41, 5.74) is 2.16. The minimum atomic E-state index is -3.61. The standard InChI is InChI=1S/C29H41N3O3S/c1-24(2)22-27(31-36(34,35)21-18-26-14-7-4-8-15-26)23-32-20-11-17-28(32)29(33)30-19-10-9-16-25-12-5-3-6-13-25/h3-8,12-15,18,21,24,27-28,31H,9-11,16-17,19-20,22-23H2,1-2H3,(H,30,33)/b21-18+/t27-,28-/m0/s1. The average Bonchev–Trinajstić information content (AvgIpc) is 3.31. The molecule has 0 bridgehead atoms. The van der Waals surface area contributed by atoms with E-state index in [0.717, 1.165) is 44.2 Å².